The maximum Gasteiger partial charge on any atom is 0.242 e. The predicted molar refractivity (Wildman–Crippen MR) is 116 cm³/mol. The van der Waals surface area contributed by atoms with Gasteiger partial charge in [-0.05, 0) is 43.2 Å². The molecule has 0 atom stereocenters. The lowest BCUT2D eigenvalue weighted by Crippen LogP contribution is -2.43. The Morgan fingerprint density at radius 3 is 2.29 bits per heavy atom. The molecule has 0 bridgehead atoms. The third kappa shape index (κ3) is 7.32. The summed E-state index contributed by atoms with van der Waals surface area (Å²) in [6.45, 7) is 4.83. The molecule has 31 heavy (non-hydrogen) atoms. The molecule has 0 aliphatic carbocycles. The van der Waals surface area contributed by atoms with E-state index in [1.165, 1.54) is 11.8 Å². The Kier molecular flexibility index (Phi) is 9.40. The van der Waals surface area contributed by atoms with Crippen LogP contribution in [0.3, 0.4) is 0 Å². The third-order valence-electron chi connectivity index (χ3n) is 4.95. The summed E-state index contributed by atoms with van der Waals surface area (Å²) in [5, 5.41) is 0. The van der Waals surface area contributed by atoms with Crippen molar-refractivity contribution in [2.24, 2.45) is 0 Å². The molecule has 0 fully saturated rings. The molecule has 8 heteroatoms. The fourth-order valence-corrected chi connectivity index (χ4v) is 3.16. The van der Waals surface area contributed by atoms with E-state index in [-0.39, 0.29) is 18.4 Å². The summed E-state index contributed by atoms with van der Waals surface area (Å²) in [4.78, 5) is 28.2. The van der Waals surface area contributed by atoms with Gasteiger partial charge in [-0.25, -0.2) is 0 Å². The number of aryl methyl sites for hydroxylation is 1. The smallest absolute Gasteiger partial charge is 0.242 e. The summed E-state index contributed by atoms with van der Waals surface area (Å²) in [7, 11) is 4.75. The van der Waals surface area contributed by atoms with Crippen LogP contribution in [0.2, 0.25) is 0 Å². The van der Waals surface area contributed by atoms with E-state index in [2.05, 4.69) is 0 Å². The van der Waals surface area contributed by atoms with Gasteiger partial charge in [0, 0.05) is 27.1 Å². The first kappa shape index (κ1) is 24.3. The molecule has 0 aliphatic heterocycles. The molecular weight excluding hydrogens is 400 g/mol. The molecule has 0 saturated carbocycles. The van der Waals surface area contributed by atoms with Gasteiger partial charge in [0.2, 0.25) is 11.8 Å². The number of amides is 2. The van der Waals surface area contributed by atoms with Crippen molar-refractivity contribution in [1.29, 1.82) is 0 Å². The number of furan rings is 1. The molecule has 0 spiro atoms. The number of benzene rings is 1. The number of rotatable bonds is 12. The van der Waals surface area contributed by atoms with Gasteiger partial charge in [-0.1, -0.05) is 6.07 Å². The quantitative estimate of drug-likeness (QED) is 0.513. The van der Waals surface area contributed by atoms with Gasteiger partial charge in [0.15, 0.2) is 11.5 Å². The molecule has 0 aliphatic rings. The van der Waals surface area contributed by atoms with Crippen molar-refractivity contribution in [3.05, 3.63) is 47.4 Å². The van der Waals surface area contributed by atoms with Crippen molar-refractivity contribution in [2.45, 2.75) is 26.8 Å². The fourth-order valence-electron chi connectivity index (χ4n) is 3.16. The maximum atomic E-state index is 13.1. The highest BCUT2D eigenvalue weighted by atomic mass is 16.5. The predicted octanol–water partition coefficient (Wildman–Crippen LogP) is 2.67. The number of hydrogen-bond acceptors (Lipinski definition) is 6. The topological polar surface area (TPSA) is 81.5 Å². The summed E-state index contributed by atoms with van der Waals surface area (Å²) in [6.07, 6.45) is 0.615. The lowest BCUT2D eigenvalue weighted by molar-refractivity contribution is -0.140. The zero-order valence-corrected chi connectivity index (χ0v) is 19.0. The van der Waals surface area contributed by atoms with Gasteiger partial charge in [0.1, 0.15) is 11.5 Å². The van der Waals surface area contributed by atoms with Gasteiger partial charge in [-0.2, -0.15) is 0 Å². The average Bonchev–Trinajstić information content (AvgIpc) is 3.17. The van der Waals surface area contributed by atoms with E-state index in [1.807, 2.05) is 37.3 Å². The van der Waals surface area contributed by atoms with E-state index in [0.717, 1.165) is 11.3 Å². The van der Waals surface area contributed by atoms with Gasteiger partial charge in [0.25, 0.3) is 0 Å². The molecule has 2 rings (SSSR count). The van der Waals surface area contributed by atoms with Gasteiger partial charge in [0.05, 0.1) is 33.9 Å². The summed E-state index contributed by atoms with van der Waals surface area (Å²) in [6, 6.07) is 9.42. The van der Waals surface area contributed by atoms with Crippen molar-refractivity contribution >= 4 is 11.8 Å². The summed E-state index contributed by atoms with van der Waals surface area (Å²) >= 11 is 0. The molecule has 170 valence electrons. The third-order valence-corrected chi connectivity index (χ3v) is 4.95. The lowest BCUT2D eigenvalue weighted by atomic mass is 10.1. The van der Waals surface area contributed by atoms with Crippen LogP contribution in [-0.4, -0.2) is 69.2 Å². The highest BCUT2D eigenvalue weighted by Crippen LogP contribution is 2.27. The van der Waals surface area contributed by atoms with Crippen molar-refractivity contribution in [1.82, 2.24) is 9.80 Å². The first-order valence-corrected chi connectivity index (χ1v) is 10.2. The normalized spacial score (nSPS) is 10.6. The molecule has 0 N–H and O–H groups in total. The average molecular weight is 433 g/mol. The molecule has 2 amide bonds. The van der Waals surface area contributed by atoms with Gasteiger partial charge in [-0.3, -0.25) is 9.59 Å². The van der Waals surface area contributed by atoms with Gasteiger partial charge >= 0.3 is 0 Å². The minimum atomic E-state index is -0.168. The monoisotopic (exact) mass is 432 g/mol. The molecule has 8 nitrogen and oxygen atoms in total. The minimum Gasteiger partial charge on any atom is -0.493 e. The number of nitrogens with zero attached hydrogens (tertiary/aromatic N) is 2. The Bertz CT molecular complexity index is 864. The number of hydrogen-bond donors (Lipinski definition) is 0. The molecule has 1 heterocycles. The second-order valence-corrected chi connectivity index (χ2v) is 7.20. The summed E-state index contributed by atoms with van der Waals surface area (Å²) in [5.41, 5.74) is 1.01. The van der Waals surface area contributed by atoms with Crippen LogP contribution in [0, 0.1) is 6.92 Å². The summed E-state index contributed by atoms with van der Waals surface area (Å²) in [5.74, 6) is 2.46. The second-order valence-electron chi connectivity index (χ2n) is 7.20. The highest BCUT2D eigenvalue weighted by molar-refractivity contribution is 5.83. The zero-order valence-electron chi connectivity index (χ0n) is 19.0. The SMILES string of the molecule is COCCN(CC(=O)N(CCc1ccc(OC)c(OC)c1)Cc1ccc(C)o1)C(C)=O. The fraction of sp³-hybridized carbons (Fsp3) is 0.478. The number of methoxy groups -OCH3 is 3. The van der Waals surface area contributed by atoms with Gasteiger partial charge < -0.3 is 28.4 Å². The van der Waals surface area contributed by atoms with Gasteiger partial charge in [-0.15, -0.1) is 0 Å². The number of carbonyl (C=O) groups is 2. The first-order valence-electron chi connectivity index (χ1n) is 10.2. The van der Waals surface area contributed by atoms with Crippen LogP contribution >= 0.6 is 0 Å². The molecule has 1 aromatic heterocycles. The Morgan fingerprint density at radius 2 is 1.71 bits per heavy atom. The van der Waals surface area contributed by atoms with Crippen LogP contribution in [0.4, 0.5) is 0 Å². The molecule has 0 radical (unpaired) electrons. The van der Waals surface area contributed by atoms with Crippen LogP contribution in [-0.2, 0) is 27.3 Å². The van der Waals surface area contributed by atoms with E-state index in [4.69, 9.17) is 18.6 Å². The van der Waals surface area contributed by atoms with E-state index < -0.39 is 0 Å². The second kappa shape index (κ2) is 12.0. The van der Waals surface area contributed by atoms with E-state index in [0.29, 0.717) is 49.9 Å². The number of ether oxygens (including phenoxy) is 3. The van der Waals surface area contributed by atoms with E-state index >= 15 is 0 Å². The molecular formula is C23H32N2O6. The van der Waals surface area contributed by atoms with Crippen molar-refractivity contribution in [3.8, 4) is 11.5 Å². The standard InChI is InChI=1S/C23H32N2O6/c1-17-6-8-20(31-17)15-25(23(27)16-24(18(2)26)12-13-28-3)11-10-19-7-9-21(29-4)22(14-19)30-5/h6-9,14H,10-13,15-16H2,1-5H3. The van der Waals surface area contributed by atoms with Crippen LogP contribution < -0.4 is 9.47 Å². The molecule has 0 saturated heterocycles. The molecule has 0 unspecified atom stereocenters. The van der Waals surface area contributed by atoms with Crippen LogP contribution in [0.15, 0.2) is 34.7 Å². The number of carbonyl (C=O) groups excluding carboxylic acids is 2. The van der Waals surface area contributed by atoms with Crippen molar-refractivity contribution < 1.29 is 28.2 Å². The Hall–Kier alpha value is -3.00. The molecule has 2 aromatic rings. The Morgan fingerprint density at radius 1 is 0.968 bits per heavy atom. The molecule has 1 aromatic carbocycles. The Balaban J connectivity index is 2.14. The van der Waals surface area contributed by atoms with Crippen LogP contribution in [0.25, 0.3) is 0 Å². The largest absolute Gasteiger partial charge is 0.493 e. The van der Waals surface area contributed by atoms with Crippen molar-refractivity contribution in [2.75, 3.05) is 47.6 Å². The first-order chi connectivity index (χ1) is 14.9. The highest BCUT2D eigenvalue weighted by Gasteiger charge is 2.20. The minimum absolute atomic E-state index is 0.00961. The lowest BCUT2D eigenvalue weighted by Gasteiger charge is -2.26. The Labute approximate surface area is 183 Å². The van der Waals surface area contributed by atoms with Crippen LogP contribution in [0.1, 0.15) is 24.0 Å². The van der Waals surface area contributed by atoms with Crippen molar-refractivity contribution in [3.63, 3.8) is 0 Å². The van der Waals surface area contributed by atoms with E-state index in [1.54, 1.807) is 26.2 Å². The summed E-state index contributed by atoms with van der Waals surface area (Å²) < 4.78 is 21.4. The maximum absolute atomic E-state index is 13.1. The van der Waals surface area contributed by atoms with Crippen LogP contribution in [0.5, 0.6) is 11.5 Å². The zero-order chi connectivity index (χ0) is 22.8. The van der Waals surface area contributed by atoms with E-state index in [9.17, 15) is 9.59 Å².